The maximum absolute atomic E-state index is 12.2. The zero-order valence-electron chi connectivity index (χ0n) is 14.6. The van der Waals surface area contributed by atoms with Crippen molar-refractivity contribution < 1.29 is 19.1 Å². The van der Waals surface area contributed by atoms with Gasteiger partial charge in [-0.25, -0.2) is 0 Å². The maximum atomic E-state index is 12.2. The summed E-state index contributed by atoms with van der Waals surface area (Å²) in [5, 5.41) is 2.75. The Bertz CT molecular complexity index is 711. The van der Waals surface area contributed by atoms with Crippen LogP contribution in [0.4, 0.5) is 5.69 Å². The molecule has 2 amide bonds. The maximum Gasteiger partial charge on any atom is 0.243 e. The summed E-state index contributed by atoms with van der Waals surface area (Å²) in [6.45, 7) is -0.0129. The Morgan fingerprint density at radius 2 is 1.44 bits per heavy atom. The van der Waals surface area contributed by atoms with Crippen molar-refractivity contribution in [2.24, 2.45) is 0 Å². The van der Waals surface area contributed by atoms with Gasteiger partial charge in [0.15, 0.2) is 0 Å². The molecule has 0 saturated carbocycles. The number of rotatable bonds is 7. The van der Waals surface area contributed by atoms with E-state index in [4.69, 9.17) is 9.47 Å². The Hall–Kier alpha value is -3.02. The van der Waals surface area contributed by atoms with E-state index >= 15 is 0 Å². The van der Waals surface area contributed by atoms with Crippen molar-refractivity contribution in [3.05, 3.63) is 54.1 Å². The molecular formula is C19H22N2O4. The largest absolute Gasteiger partial charge is 0.497 e. The van der Waals surface area contributed by atoms with Crippen molar-refractivity contribution in [1.29, 1.82) is 0 Å². The lowest BCUT2D eigenvalue weighted by Gasteiger charge is -2.17. The third-order valence-corrected chi connectivity index (χ3v) is 3.69. The number of carbonyl (C=O) groups is 2. The molecule has 2 rings (SSSR count). The van der Waals surface area contributed by atoms with Crippen LogP contribution in [0, 0.1) is 0 Å². The van der Waals surface area contributed by atoms with Crippen molar-refractivity contribution in [2.45, 2.75) is 6.42 Å². The van der Waals surface area contributed by atoms with E-state index in [1.54, 1.807) is 57.7 Å². The van der Waals surface area contributed by atoms with Crippen LogP contribution in [0.5, 0.6) is 11.5 Å². The normalized spacial score (nSPS) is 10.0. The minimum atomic E-state index is -0.254. The number of ether oxygens (including phenoxy) is 2. The van der Waals surface area contributed by atoms with Gasteiger partial charge >= 0.3 is 0 Å². The van der Waals surface area contributed by atoms with Crippen LogP contribution in [0.25, 0.3) is 0 Å². The number of nitrogens with zero attached hydrogens (tertiary/aromatic N) is 1. The van der Waals surface area contributed by atoms with Gasteiger partial charge in [-0.1, -0.05) is 12.1 Å². The van der Waals surface area contributed by atoms with E-state index in [9.17, 15) is 9.59 Å². The van der Waals surface area contributed by atoms with E-state index in [2.05, 4.69) is 5.32 Å². The topological polar surface area (TPSA) is 67.9 Å². The predicted molar refractivity (Wildman–Crippen MR) is 96.0 cm³/mol. The molecule has 6 heteroatoms. The van der Waals surface area contributed by atoms with Gasteiger partial charge in [-0.05, 0) is 42.0 Å². The van der Waals surface area contributed by atoms with E-state index in [0.717, 1.165) is 11.3 Å². The number of anilines is 1. The van der Waals surface area contributed by atoms with Crippen molar-refractivity contribution in [3.8, 4) is 11.5 Å². The number of likely N-dealkylation sites (N-methyl/N-ethyl adjacent to an activating group) is 1. The first kappa shape index (κ1) is 18.3. The number of methoxy groups -OCH3 is 2. The summed E-state index contributed by atoms with van der Waals surface area (Å²) in [7, 11) is 4.78. The average Bonchev–Trinajstić information content (AvgIpc) is 2.62. The zero-order valence-corrected chi connectivity index (χ0v) is 14.6. The Labute approximate surface area is 147 Å². The summed E-state index contributed by atoms with van der Waals surface area (Å²) >= 11 is 0. The molecule has 0 aliphatic carbocycles. The summed E-state index contributed by atoms with van der Waals surface area (Å²) < 4.78 is 10.2. The molecule has 0 spiro atoms. The van der Waals surface area contributed by atoms with E-state index in [-0.39, 0.29) is 24.8 Å². The lowest BCUT2D eigenvalue weighted by atomic mass is 10.1. The fourth-order valence-electron chi connectivity index (χ4n) is 2.23. The SMILES string of the molecule is COc1ccc(CC(=O)N(C)CC(=O)Nc2ccc(OC)cc2)cc1. The van der Waals surface area contributed by atoms with E-state index in [1.807, 2.05) is 12.1 Å². The molecule has 0 bridgehead atoms. The average molecular weight is 342 g/mol. The van der Waals surface area contributed by atoms with Gasteiger partial charge in [0.05, 0.1) is 27.2 Å². The predicted octanol–water partition coefficient (Wildman–Crippen LogP) is 2.34. The van der Waals surface area contributed by atoms with Crippen molar-refractivity contribution in [2.75, 3.05) is 33.1 Å². The lowest BCUT2D eigenvalue weighted by molar-refractivity contribution is -0.132. The molecule has 0 atom stereocenters. The highest BCUT2D eigenvalue weighted by Gasteiger charge is 2.14. The molecule has 0 aromatic heterocycles. The van der Waals surface area contributed by atoms with Gasteiger partial charge < -0.3 is 19.7 Å². The Morgan fingerprint density at radius 3 is 1.96 bits per heavy atom. The minimum Gasteiger partial charge on any atom is -0.497 e. The standard InChI is InChI=1S/C19H22N2O4/c1-21(19(23)12-14-4-8-16(24-2)9-5-14)13-18(22)20-15-6-10-17(25-3)11-7-15/h4-11H,12-13H2,1-3H3,(H,20,22). The van der Waals surface area contributed by atoms with Crippen LogP contribution in [-0.4, -0.2) is 44.5 Å². The number of amides is 2. The number of hydrogen-bond donors (Lipinski definition) is 1. The van der Waals surface area contributed by atoms with Crippen LogP contribution in [0.2, 0.25) is 0 Å². The van der Waals surface area contributed by atoms with Crippen LogP contribution < -0.4 is 14.8 Å². The first-order valence-electron chi connectivity index (χ1n) is 7.82. The molecule has 0 saturated heterocycles. The van der Waals surface area contributed by atoms with Crippen LogP contribution in [0.15, 0.2) is 48.5 Å². The number of hydrogen-bond acceptors (Lipinski definition) is 4. The second-order valence-electron chi connectivity index (χ2n) is 5.55. The molecule has 0 fully saturated rings. The smallest absolute Gasteiger partial charge is 0.243 e. The lowest BCUT2D eigenvalue weighted by Crippen LogP contribution is -2.35. The third-order valence-electron chi connectivity index (χ3n) is 3.69. The molecule has 0 aliphatic rings. The fraction of sp³-hybridized carbons (Fsp3) is 0.263. The fourth-order valence-corrected chi connectivity index (χ4v) is 2.23. The second kappa shape index (κ2) is 8.73. The van der Waals surface area contributed by atoms with E-state index in [1.165, 1.54) is 4.90 Å². The van der Waals surface area contributed by atoms with Crippen molar-refractivity contribution >= 4 is 17.5 Å². The summed E-state index contributed by atoms with van der Waals surface area (Å²) in [6.07, 6.45) is 0.232. The van der Waals surface area contributed by atoms with Gasteiger partial charge in [-0.2, -0.15) is 0 Å². The monoisotopic (exact) mass is 342 g/mol. The number of benzene rings is 2. The first-order valence-corrected chi connectivity index (χ1v) is 7.82. The van der Waals surface area contributed by atoms with Gasteiger partial charge in [0, 0.05) is 12.7 Å². The Kier molecular flexibility index (Phi) is 6.39. The van der Waals surface area contributed by atoms with Gasteiger partial charge in [0.25, 0.3) is 0 Å². The highest BCUT2D eigenvalue weighted by Crippen LogP contribution is 2.15. The summed E-state index contributed by atoms with van der Waals surface area (Å²) in [4.78, 5) is 25.7. The van der Waals surface area contributed by atoms with Gasteiger partial charge in [0.1, 0.15) is 11.5 Å². The molecule has 0 unspecified atom stereocenters. The molecule has 2 aromatic rings. The van der Waals surface area contributed by atoms with Crippen molar-refractivity contribution in [3.63, 3.8) is 0 Å². The zero-order chi connectivity index (χ0) is 18.2. The molecule has 0 heterocycles. The molecule has 6 nitrogen and oxygen atoms in total. The van der Waals surface area contributed by atoms with Gasteiger partial charge in [-0.3, -0.25) is 9.59 Å². The molecule has 2 aromatic carbocycles. The molecule has 132 valence electrons. The minimum absolute atomic E-state index is 0.0129. The van der Waals surface area contributed by atoms with Crippen LogP contribution in [0.3, 0.4) is 0 Å². The molecule has 1 N–H and O–H groups in total. The van der Waals surface area contributed by atoms with E-state index < -0.39 is 0 Å². The van der Waals surface area contributed by atoms with E-state index in [0.29, 0.717) is 11.4 Å². The first-order chi connectivity index (χ1) is 12.0. The number of carbonyl (C=O) groups excluding carboxylic acids is 2. The summed E-state index contributed by atoms with van der Waals surface area (Å²) in [5.74, 6) is 1.07. The molecule has 0 radical (unpaired) electrons. The quantitative estimate of drug-likeness (QED) is 0.839. The molecular weight excluding hydrogens is 320 g/mol. The van der Waals surface area contributed by atoms with Crippen LogP contribution >= 0.6 is 0 Å². The van der Waals surface area contributed by atoms with Crippen LogP contribution in [0.1, 0.15) is 5.56 Å². The summed E-state index contributed by atoms with van der Waals surface area (Å²) in [5.41, 5.74) is 1.52. The van der Waals surface area contributed by atoms with Gasteiger partial charge in [-0.15, -0.1) is 0 Å². The number of nitrogens with one attached hydrogen (secondary N) is 1. The highest BCUT2D eigenvalue weighted by atomic mass is 16.5. The Balaban J connectivity index is 1.85. The second-order valence-corrected chi connectivity index (χ2v) is 5.55. The molecule has 25 heavy (non-hydrogen) atoms. The Morgan fingerprint density at radius 1 is 0.920 bits per heavy atom. The van der Waals surface area contributed by atoms with Crippen molar-refractivity contribution in [1.82, 2.24) is 4.90 Å². The van der Waals surface area contributed by atoms with Crippen LogP contribution in [-0.2, 0) is 16.0 Å². The summed E-state index contributed by atoms with van der Waals surface area (Å²) in [6, 6.07) is 14.3. The highest BCUT2D eigenvalue weighted by molar-refractivity contribution is 5.94. The third kappa shape index (κ3) is 5.53. The van der Waals surface area contributed by atoms with Gasteiger partial charge in [0.2, 0.25) is 11.8 Å². The molecule has 0 aliphatic heterocycles.